The fourth-order valence-electron chi connectivity index (χ4n) is 7.33. The summed E-state index contributed by atoms with van der Waals surface area (Å²) in [5.41, 5.74) is 0. The van der Waals surface area contributed by atoms with E-state index < -0.39 is 6.10 Å². The summed E-state index contributed by atoms with van der Waals surface area (Å²) in [5.74, 6) is -0.986. The Labute approximate surface area is 424 Å². The Balaban J connectivity index is 4.50. The van der Waals surface area contributed by atoms with Gasteiger partial charge in [-0.1, -0.05) is 232 Å². The van der Waals surface area contributed by atoms with Gasteiger partial charge in [0.15, 0.2) is 6.10 Å². The predicted octanol–water partition coefficient (Wildman–Crippen LogP) is 18.9. The molecule has 0 amide bonds. The number of unbranched alkanes of at least 4 members (excludes halogenated alkanes) is 20. The summed E-state index contributed by atoms with van der Waals surface area (Å²) >= 11 is 0. The highest BCUT2D eigenvalue weighted by Gasteiger charge is 2.19. The van der Waals surface area contributed by atoms with Crippen molar-refractivity contribution < 1.29 is 28.6 Å². The molecule has 0 aliphatic heterocycles. The third-order valence-electron chi connectivity index (χ3n) is 11.5. The zero-order chi connectivity index (χ0) is 50.0. The lowest BCUT2D eigenvalue weighted by molar-refractivity contribution is -0.167. The second kappa shape index (κ2) is 56.4. The van der Waals surface area contributed by atoms with Crippen molar-refractivity contribution in [2.75, 3.05) is 13.2 Å². The third-order valence-corrected chi connectivity index (χ3v) is 11.5. The van der Waals surface area contributed by atoms with Crippen LogP contribution in [0.25, 0.3) is 0 Å². The molecule has 6 heteroatoms. The van der Waals surface area contributed by atoms with Crippen molar-refractivity contribution in [1.29, 1.82) is 0 Å². The van der Waals surface area contributed by atoms with Crippen LogP contribution in [-0.4, -0.2) is 37.2 Å². The standard InChI is InChI=1S/C63H102O6/c1-4-7-10-13-16-19-22-25-28-30-31-33-35-38-41-44-47-50-53-56-62(65)68-59-60(58-67-61(64)55-52-49-46-43-40-37-34-27-24-21-18-15-12-9-6-3)69-63(66)57-54-51-48-45-42-39-36-32-29-26-23-20-17-14-11-8-5-2/h7,9-10,12,15-21,24-26,28-29,36,39,45,48,60H,4-6,8,11,13-14,22-23,27,30-35,37-38,40-44,46-47,49-59H2,1-3H3/b10-7-,12-9-,18-15-,19-16-,20-17-,24-21-,28-25-,29-26-,39-36-,48-45-. The Bertz CT molecular complexity index is 1470. The SMILES string of the molecule is CC\C=C/C=C\C=C/CCCCCCCCCC(=O)OCC(COC(=O)CCCCCCCCCCC/C=C\C/C=C\C/C=C\CC)OC(=O)CCC/C=C\C/C=C\C/C=C\C/C=C\CCCCC. The van der Waals surface area contributed by atoms with Gasteiger partial charge in [-0.05, 0) is 109 Å². The number of hydrogen-bond acceptors (Lipinski definition) is 6. The first kappa shape index (κ1) is 64.8. The maximum absolute atomic E-state index is 12.8. The average Bonchev–Trinajstić information content (AvgIpc) is 3.35. The molecule has 0 aliphatic rings. The minimum atomic E-state index is -0.818. The van der Waals surface area contributed by atoms with E-state index in [0.29, 0.717) is 19.3 Å². The van der Waals surface area contributed by atoms with E-state index in [-0.39, 0.29) is 37.5 Å². The monoisotopic (exact) mass is 955 g/mol. The molecule has 69 heavy (non-hydrogen) atoms. The molecule has 0 N–H and O–H groups in total. The van der Waals surface area contributed by atoms with Crippen LogP contribution in [0.1, 0.15) is 239 Å². The van der Waals surface area contributed by atoms with Gasteiger partial charge in [0.25, 0.3) is 0 Å². The number of esters is 3. The highest BCUT2D eigenvalue weighted by atomic mass is 16.6. The molecule has 0 radical (unpaired) electrons. The van der Waals surface area contributed by atoms with Crippen LogP contribution >= 0.6 is 0 Å². The zero-order valence-corrected chi connectivity index (χ0v) is 44.5. The average molecular weight is 956 g/mol. The molecule has 0 aromatic rings. The van der Waals surface area contributed by atoms with Gasteiger partial charge in [-0.2, -0.15) is 0 Å². The van der Waals surface area contributed by atoms with Crippen molar-refractivity contribution >= 4 is 17.9 Å². The summed E-state index contributed by atoms with van der Waals surface area (Å²) in [6.07, 6.45) is 77.6. The minimum absolute atomic E-state index is 0.110. The lowest BCUT2D eigenvalue weighted by Crippen LogP contribution is -2.30. The first-order valence-electron chi connectivity index (χ1n) is 28.1. The van der Waals surface area contributed by atoms with Gasteiger partial charge in [-0.25, -0.2) is 0 Å². The van der Waals surface area contributed by atoms with Crippen molar-refractivity contribution in [3.05, 3.63) is 122 Å². The molecular weight excluding hydrogens is 853 g/mol. The highest BCUT2D eigenvalue weighted by Crippen LogP contribution is 2.14. The fraction of sp³-hybridized carbons (Fsp3) is 0.635. The number of carbonyl (C=O) groups excluding carboxylic acids is 3. The van der Waals surface area contributed by atoms with E-state index in [1.807, 2.05) is 0 Å². The first-order valence-corrected chi connectivity index (χ1v) is 28.1. The Morgan fingerprint density at radius 3 is 1.09 bits per heavy atom. The van der Waals surface area contributed by atoms with E-state index >= 15 is 0 Å². The van der Waals surface area contributed by atoms with Gasteiger partial charge in [0.2, 0.25) is 0 Å². The van der Waals surface area contributed by atoms with Crippen molar-refractivity contribution in [3.63, 3.8) is 0 Å². The fourth-order valence-corrected chi connectivity index (χ4v) is 7.33. The van der Waals surface area contributed by atoms with Gasteiger partial charge in [-0.3, -0.25) is 14.4 Å². The third kappa shape index (κ3) is 54.6. The molecule has 0 aromatic carbocycles. The van der Waals surface area contributed by atoms with Crippen LogP contribution in [-0.2, 0) is 28.6 Å². The van der Waals surface area contributed by atoms with Crippen LogP contribution in [0, 0.1) is 0 Å². The molecule has 1 atom stereocenters. The zero-order valence-electron chi connectivity index (χ0n) is 44.5. The van der Waals surface area contributed by atoms with Crippen LogP contribution < -0.4 is 0 Å². The molecule has 1 unspecified atom stereocenters. The summed E-state index contributed by atoms with van der Waals surface area (Å²) in [4.78, 5) is 38.1. The Morgan fingerprint density at radius 1 is 0.319 bits per heavy atom. The lowest BCUT2D eigenvalue weighted by Gasteiger charge is -2.18. The molecule has 0 saturated heterocycles. The molecular formula is C63H102O6. The van der Waals surface area contributed by atoms with Crippen molar-refractivity contribution in [2.45, 2.75) is 245 Å². The molecule has 0 saturated carbocycles. The molecule has 390 valence electrons. The van der Waals surface area contributed by atoms with Gasteiger partial charge >= 0.3 is 17.9 Å². The molecule has 0 spiro atoms. The second-order valence-corrected chi connectivity index (χ2v) is 18.1. The smallest absolute Gasteiger partial charge is 0.306 e. The van der Waals surface area contributed by atoms with Crippen LogP contribution in [0.2, 0.25) is 0 Å². The summed E-state index contributed by atoms with van der Waals surface area (Å²) < 4.78 is 16.8. The molecule has 0 bridgehead atoms. The van der Waals surface area contributed by atoms with Gasteiger partial charge in [-0.15, -0.1) is 0 Å². The summed E-state index contributed by atoms with van der Waals surface area (Å²) in [6, 6.07) is 0. The maximum Gasteiger partial charge on any atom is 0.306 e. The van der Waals surface area contributed by atoms with Crippen molar-refractivity contribution in [3.8, 4) is 0 Å². The number of ether oxygens (including phenoxy) is 3. The lowest BCUT2D eigenvalue weighted by atomic mass is 10.1. The predicted molar refractivity (Wildman–Crippen MR) is 297 cm³/mol. The normalized spacial score (nSPS) is 13.0. The molecule has 0 aromatic heterocycles. The van der Waals surface area contributed by atoms with E-state index in [2.05, 4.69) is 142 Å². The van der Waals surface area contributed by atoms with E-state index in [0.717, 1.165) is 103 Å². The van der Waals surface area contributed by atoms with Crippen LogP contribution in [0.5, 0.6) is 0 Å². The molecule has 6 nitrogen and oxygen atoms in total. The maximum atomic E-state index is 12.8. The quantitative estimate of drug-likeness (QED) is 0.0199. The number of rotatable bonds is 49. The van der Waals surface area contributed by atoms with Crippen LogP contribution in [0.3, 0.4) is 0 Å². The highest BCUT2D eigenvalue weighted by molar-refractivity contribution is 5.71. The van der Waals surface area contributed by atoms with E-state index in [9.17, 15) is 14.4 Å². The molecule has 0 fully saturated rings. The Morgan fingerprint density at radius 2 is 0.652 bits per heavy atom. The Kier molecular flexibility index (Phi) is 53.0. The summed E-state index contributed by atoms with van der Waals surface area (Å²) in [6.45, 7) is 6.31. The molecule has 0 aliphatic carbocycles. The second-order valence-electron chi connectivity index (χ2n) is 18.1. The number of hydrogen-bond donors (Lipinski definition) is 0. The van der Waals surface area contributed by atoms with Crippen LogP contribution in [0.15, 0.2) is 122 Å². The first-order chi connectivity index (χ1) is 34.0. The van der Waals surface area contributed by atoms with E-state index in [1.165, 1.54) is 89.9 Å². The minimum Gasteiger partial charge on any atom is -0.462 e. The molecule has 0 heterocycles. The Hall–Kier alpha value is -4.19. The van der Waals surface area contributed by atoms with Crippen molar-refractivity contribution in [2.24, 2.45) is 0 Å². The van der Waals surface area contributed by atoms with E-state index in [4.69, 9.17) is 14.2 Å². The van der Waals surface area contributed by atoms with E-state index in [1.54, 1.807) is 0 Å². The van der Waals surface area contributed by atoms with Crippen LogP contribution in [0.4, 0.5) is 0 Å². The van der Waals surface area contributed by atoms with Gasteiger partial charge in [0.1, 0.15) is 13.2 Å². The number of allylic oxidation sites excluding steroid dienone is 20. The largest absolute Gasteiger partial charge is 0.462 e. The topological polar surface area (TPSA) is 78.9 Å². The van der Waals surface area contributed by atoms with Gasteiger partial charge < -0.3 is 14.2 Å². The summed E-state index contributed by atoms with van der Waals surface area (Å²) in [5, 5.41) is 0. The number of carbonyl (C=O) groups is 3. The molecule has 0 rings (SSSR count). The van der Waals surface area contributed by atoms with Crippen molar-refractivity contribution in [1.82, 2.24) is 0 Å². The summed E-state index contributed by atoms with van der Waals surface area (Å²) in [7, 11) is 0. The van der Waals surface area contributed by atoms with Gasteiger partial charge in [0, 0.05) is 19.3 Å². The van der Waals surface area contributed by atoms with Gasteiger partial charge in [0.05, 0.1) is 0 Å².